The summed E-state index contributed by atoms with van der Waals surface area (Å²) >= 11 is 0. The molecule has 0 atom stereocenters. The standard InChI is InChI=1S/2C8H10.C7H13NO.C6H14O.3C5H12.C4H10.C4H8.C3H8O.6CH5N.10CH2O.4H3N/c2*1-2-8-6-4-3-5-7-8;1-7(9)8-5-3-2-4-6-8;1-5-7-6(2,3)4;3*1-4-5(2)3;1-4(2)3;1-3-4-2;1-3(2)4;16*1-2;;;;/h2*3-7H,2H2,1H3;2-6H2,1H3;5H2,1-4H3;3*5H,4H2,1-3H3;4H,1-3H3;2*3-4H,1-2H3;6*2H2,1H3;10*1H2;4*1H3/b;;;;;;;;4-3-;;;;;;;;;;;;;;;;;;;;;. The van der Waals surface area contributed by atoms with E-state index in [9.17, 15) is 4.79 Å². The molecular weight excluding hydrogens is 1210 g/mol. The number of hydrogen-bond acceptors (Lipinski definition) is 23. The number of benzene rings is 2. The van der Waals surface area contributed by atoms with Gasteiger partial charge in [0.15, 0.2) is 0 Å². The number of aliphatic hydroxyl groups is 1. The number of aryl methyl sites for hydroxylation is 2. The van der Waals surface area contributed by atoms with Crippen LogP contribution in [0.25, 0.3) is 0 Å². The first-order valence-corrected chi connectivity index (χ1v) is 30.0. The molecule has 1 saturated heterocycles. The Kier molecular flexibility index (Phi) is 484. The number of ether oxygens (including phenoxy) is 1. The van der Waals surface area contributed by atoms with Crippen LogP contribution in [0.4, 0.5) is 0 Å². The molecule has 0 aliphatic carbocycles. The van der Waals surface area contributed by atoms with Crippen LogP contribution in [0, 0.1) is 23.7 Å². The van der Waals surface area contributed by atoms with Gasteiger partial charge in [0.2, 0.25) is 5.91 Å². The van der Waals surface area contributed by atoms with E-state index < -0.39 is 0 Å². The Morgan fingerprint density at radius 2 is 0.589 bits per heavy atom. The maximum atomic E-state index is 10.7. The molecule has 1 fully saturated rings. The fourth-order valence-corrected chi connectivity index (χ4v) is 3.07. The Morgan fingerprint density at radius 1 is 0.432 bits per heavy atom. The molecule has 0 aromatic heterocycles. The molecule has 24 nitrogen and oxygen atoms in total. The largest absolute Gasteiger partial charge is 0.394 e. The second kappa shape index (κ2) is 256. The van der Waals surface area contributed by atoms with Gasteiger partial charge in [0.05, 0.1) is 5.60 Å². The van der Waals surface area contributed by atoms with E-state index in [2.05, 4.69) is 201 Å². The van der Waals surface area contributed by atoms with Crippen molar-refractivity contribution in [3.05, 3.63) is 83.9 Å². The van der Waals surface area contributed by atoms with E-state index in [0.717, 1.165) is 56.2 Å². The van der Waals surface area contributed by atoms with Crippen molar-refractivity contribution in [3.63, 3.8) is 0 Å². The topological polar surface area (TPSA) is 517 Å². The Labute approximate surface area is 589 Å². The quantitative estimate of drug-likeness (QED) is 0.120. The number of nitrogens with two attached hydrogens (primary N) is 6. The summed E-state index contributed by atoms with van der Waals surface area (Å²) in [5.41, 5.74) is 29.9. The highest BCUT2D eigenvalue weighted by atomic mass is 16.5. The number of rotatable bonds is 6. The Balaban J connectivity index is -0.0000000207. The van der Waals surface area contributed by atoms with E-state index >= 15 is 0 Å². The van der Waals surface area contributed by atoms with Crippen LogP contribution in [0.5, 0.6) is 0 Å². The Morgan fingerprint density at radius 3 is 0.653 bits per heavy atom. The summed E-state index contributed by atoms with van der Waals surface area (Å²) in [4.78, 5) is 92.6. The van der Waals surface area contributed by atoms with Crippen LogP contribution < -0.4 is 59.0 Å². The second-order valence-electron chi connectivity index (χ2n) is 17.7. The number of aliphatic hydroxyl groups excluding tert-OH is 1. The van der Waals surface area contributed by atoms with Gasteiger partial charge in [-0.2, -0.15) is 0 Å². The molecule has 0 unspecified atom stereocenters. The van der Waals surface area contributed by atoms with Gasteiger partial charge in [0.1, 0.15) is 67.9 Å². The lowest BCUT2D eigenvalue weighted by molar-refractivity contribution is -0.129. The van der Waals surface area contributed by atoms with Crippen molar-refractivity contribution in [3.8, 4) is 0 Å². The van der Waals surface area contributed by atoms with Crippen LogP contribution >= 0.6 is 0 Å². The molecule has 1 heterocycles. The summed E-state index contributed by atoms with van der Waals surface area (Å²) in [5.74, 6) is 3.72. The van der Waals surface area contributed by atoms with Crippen LogP contribution in [-0.2, 0) is 70.3 Å². The second-order valence-corrected chi connectivity index (χ2v) is 17.7. The number of likely N-dealkylation sites (tertiary alicyclic amines) is 1. The third kappa shape index (κ3) is 477. The monoisotopic (exact) mass is 1390 g/mol. The van der Waals surface area contributed by atoms with Gasteiger partial charge in [-0.3, -0.25) is 4.79 Å². The Hall–Kier alpha value is -6.13. The number of carbonyl (C=O) groups excluding carboxylic acids is 11. The number of hydrogen-bond donors (Lipinski definition) is 11. The average molecular weight is 1390 g/mol. The van der Waals surface area contributed by atoms with Crippen LogP contribution in [0.15, 0.2) is 72.8 Å². The third-order valence-corrected chi connectivity index (χ3v) is 7.66. The highest BCUT2D eigenvalue weighted by Gasteiger charge is 2.11. The molecule has 2 aromatic carbocycles. The summed E-state index contributed by atoms with van der Waals surface area (Å²) in [6.07, 6.45) is 13.7. The molecule has 0 saturated carbocycles. The summed E-state index contributed by atoms with van der Waals surface area (Å²) < 4.78 is 5.23. The predicted octanol–water partition coefficient (Wildman–Crippen LogP) is 13.4. The van der Waals surface area contributed by atoms with Crippen LogP contribution in [0.2, 0.25) is 0 Å². The van der Waals surface area contributed by atoms with Crippen molar-refractivity contribution in [2.75, 3.05) is 62.0 Å². The van der Waals surface area contributed by atoms with Crippen molar-refractivity contribution < 1.29 is 62.6 Å². The molecule has 2 aromatic rings. The van der Waals surface area contributed by atoms with E-state index in [1.807, 2.05) is 118 Å². The zero-order valence-electron chi connectivity index (χ0n) is 67.8. The van der Waals surface area contributed by atoms with Crippen molar-refractivity contribution in [1.82, 2.24) is 29.5 Å². The fourth-order valence-electron chi connectivity index (χ4n) is 3.07. The Bertz CT molecular complexity index is 1140. The van der Waals surface area contributed by atoms with Gasteiger partial charge in [-0.15, -0.1) is 0 Å². The lowest BCUT2D eigenvalue weighted by atomic mass is 10.1. The highest BCUT2D eigenvalue weighted by molar-refractivity contribution is 5.73. The van der Waals surface area contributed by atoms with Gasteiger partial charge < -0.3 is 122 Å². The van der Waals surface area contributed by atoms with Crippen molar-refractivity contribution >= 4 is 73.8 Å². The molecular formula is C71H171N11O13. The van der Waals surface area contributed by atoms with Gasteiger partial charge in [0.25, 0.3) is 0 Å². The molecule has 3 rings (SSSR count). The third-order valence-electron chi connectivity index (χ3n) is 7.66. The van der Waals surface area contributed by atoms with Gasteiger partial charge >= 0.3 is 0 Å². The number of piperidine rings is 1. The first-order chi connectivity index (χ1) is 43.4. The van der Waals surface area contributed by atoms with E-state index in [1.54, 1.807) is 20.8 Å². The lowest BCUT2D eigenvalue weighted by Gasteiger charge is -2.24. The molecule has 1 amide bonds. The molecule has 0 bridgehead atoms. The van der Waals surface area contributed by atoms with Gasteiger partial charge in [-0.25, -0.2) is 0 Å². The number of carbonyl (C=O) groups is 11. The molecule has 24 heteroatoms. The normalized spacial score (nSPS) is 7.78. The summed E-state index contributed by atoms with van der Waals surface area (Å²) in [6, 6.07) is 20.9. The molecule has 1 aliphatic rings. The van der Waals surface area contributed by atoms with E-state index in [-0.39, 0.29) is 42.2 Å². The molecule has 25 N–H and O–H groups in total. The summed E-state index contributed by atoms with van der Waals surface area (Å²) in [7, 11) is 9.00. The van der Waals surface area contributed by atoms with Crippen LogP contribution in [0.1, 0.15) is 209 Å². The van der Waals surface area contributed by atoms with Crippen molar-refractivity contribution in [2.45, 2.75) is 222 Å². The minimum absolute atomic E-state index is 0. The van der Waals surface area contributed by atoms with Crippen LogP contribution in [0.3, 0.4) is 0 Å². The summed E-state index contributed by atoms with van der Waals surface area (Å²) in [6.45, 7) is 70.8. The maximum absolute atomic E-state index is 10.7. The molecule has 1 aliphatic heterocycles. The number of allylic oxidation sites excluding steroid dienone is 2. The first kappa shape index (κ1) is 179. The first-order valence-electron chi connectivity index (χ1n) is 30.0. The van der Waals surface area contributed by atoms with E-state index in [1.165, 1.54) is 91.9 Å². The minimum Gasteiger partial charge on any atom is -0.394 e. The molecule has 0 spiro atoms. The van der Waals surface area contributed by atoms with Crippen molar-refractivity contribution in [1.29, 1.82) is 0 Å². The maximum Gasteiger partial charge on any atom is 0.219 e. The van der Waals surface area contributed by atoms with E-state index in [4.69, 9.17) is 57.8 Å². The average Bonchev–Trinajstić information content (AvgIpc) is 3.83. The highest BCUT2D eigenvalue weighted by Crippen LogP contribution is 2.08. The minimum atomic E-state index is -0.167. The zero-order valence-corrected chi connectivity index (χ0v) is 67.8. The molecule has 95 heavy (non-hydrogen) atoms. The lowest BCUT2D eigenvalue weighted by Crippen LogP contribution is -2.33. The summed E-state index contributed by atoms with van der Waals surface area (Å²) in [5, 5.41) is 8.06. The zero-order chi connectivity index (χ0) is 79.7. The molecule has 0 radical (unpaired) electrons. The number of nitrogens with zero attached hydrogens (tertiary/aromatic N) is 1. The van der Waals surface area contributed by atoms with E-state index in [0.29, 0.717) is 0 Å². The van der Waals surface area contributed by atoms with Crippen LogP contribution in [-0.4, -0.2) is 157 Å². The predicted molar refractivity (Wildman–Crippen MR) is 425 cm³/mol. The van der Waals surface area contributed by atoms with Gasteiger partial charge in [-0.1, -0.05) is 189 Å². The fraction of sp³-hybridized carbons (Fsp3) is 0.648. The number of amides is 1. The smallest absolute Gasteiger partial charge is 0.219 e. The molecule has 588 valence electrons. The van der Waals surface area contributed by atoms with Gasteiger partial charge in [0, 0.05) is 32.7 Å². The van der Waals surface area contributed by atoms with Crippen molar-refractivity contribution in [2.24, 2.45) is 58.1 Å². The SMILES string of the molecule is C/C=C\C.C=O.C=O.C=O.C=O.C=O.C=O.C=O.C=O.C=O.C=O.CC(=O)N1CCCCC1.CC(C)C.CC(C)O.CCC(C)C.CCC(C)C.CCC(C)C.CCOC(C)(C)C.CCc1ccccc1.CCc1ccccc1.CN.CN.CN.CN.CN.CN.N.N.N.N. The van der Waals surface area contributed by atoms with Gasteiger partial charge in [-0.05, 0) is 165 Å².